The lowest BCUT2D eigenvalue weighted by atomic mass is 10.0. The van der Waals surface area contributed by atoms with Crippen molar-refractivity contribution >= 4 is 11.8 Å². The van der Waals surface area contributed by atoms with Gasteiger partial charge in [0.25, 0.3) is 0 Å². The SMILES string of the molecule is COc1cc(CNC2CSCc3ccccc32)ccn1. The van der Waals surface area contributed by atoms with Crippen LogP contribution >= 0.6 is 11.8 Å². The van der Waals surface area contributed by atoms with E-state index >= 15 is 0 Å². The van der Waals surface area contributed by atoms with E-state index in [4.69, 9.17) is 4.74 Å². The first-order valence-electron chi connectivity index (χ1n) is 6.74. The van der Waals surface area contributed by atoms with Crippen LogP contribution in [0.5, 0.6) is 5.88 Å². The van der Waals surface area contributed by atoms with Gasteiger partial charge in [0.1, 0.15) is 0 Å². The highest BCUT2D eigenvalue weighted by Crippen LogP contribution is 2.31. The Morgan fingerprint density at radius 2 is 2.25 bits per heavy atom. The van der Waals surface area contributed by atoms with Crippen molar-refractivity contribution in [1.29, 1.82) is 0 Å². The van der Waals surface area contributed by atoms with Crippen molar-refractivity contribution in [2.24, 2.45) is 0 Å². The van der Waals surface area contributed by atoms with Crippen LogP contribution in [-0.2, 0) is 12.3 Å². The number of benzene rings is 1. The smallest absolute Gasteiger partial charge is 0.213 e. The number of rotatable bonds is 4. The maximum atomic E-state index is 5.16. The number of pyridine rings is 1. The maximum absolute atomic E-state index is 5.16. The van der Waals surface area contributed by atoms with Crippen LogP contribution in [0.2, 0.25) is 0 Å². The summed E-state index contributed by atoms with van der Waals surface area (Å²) in [5.74, 6) is 2.92. The minimum absolute atomic E-state index is 0.420. The van der Waals surface area contributed by atoms with Crippen molar-refractivity contribution in [1.82, 2.24) is 10.3 Å². The van der Waals surface area contributed by atoms with Crippen molar-refractivity contribution in [3.63, 3.8) is 0 Å². The summed E-state index contributed by atoms with van der Waals surface area (Å²) in [7, 11) is 1.65. The summed E-state index contributed by atoms with van der Waals surface area (Å²) in [6.07, 6.45) is 1.79. The summed E-state index contributed by atoms with van der Waals surface area (Å²) >= 11 is 1.99. The summed E-state index contributed by atoms with van der Waals surface area (Å²) < 4.78 is 5.16. The molecule has 1 aliphatic heterocycles. The van der Waals surface area contributed by atoms with Crippen molar-refractivity contribution in [2.45, 2.75) is 18.3 Å². The highest BCUT2D eigenvalue weighted by atomic mass is 32.2. The molecule has 0 saturated carbocycles. The van der Waals surface area contributed by atoms with Crippen LogP contribution < -0.4 is 10.1 Å². The average Bonchev–Trinajstić information content (AvgIpc) is 2.53. The quantitative estimate of drug-likeness (QED) is 0.936. The minimum atomic E-state index is 0.420. The molecule has 0 spiro atoms. The number of aromatic nitrogens is 1. The van der Waals surface area contributed by atoms with Gasteiger partial charge in [0.15, 0.2) is 0 Å². The maximum Gasteiger partial charge on any atom is 0.213 e. The number of methoxy groups -OCH3 is 1. The van der Waals surface area contributed by atoms with Crippen LogP contribution in [0.25, 0.3) is 0 Å². The monoisotopic (exact) mass is 286 g/mol. The molecule has 3 rings (SSSR count). The summed E-state index contributed by atoms with van der Waals surface area (Å²) in [5, 5.41) is 3.64. The van der Waals surface area contributed by atoms with Crippen molar-refractivity contribution in [2.75, 3.05) is 12.9 Å². The standard InChI is InChI=1S/C16H18N2OS/c1-19-16-8-12(6-7-17-16)9-18-15-11-20-10-13-4-2-3-5-14(13)15/h2-8,15,18H,9-11H2,1H3. The first-order chi connectivity index (χ1) is 9.86. The summed E-state index contributed by atoms with van der Waals surface area (Å²) in [6, 6.07) is 13.1. The zero-order valence-electron chi connectivity index (χ0n) is 11.5. The van der Waals surface area contributed by atoms with Gasteiger partial charge in [-0.1, -0.05) is 24.3 Å². The first-order valence-corrected chi connectivity index (χ1v) is 7.90. The molecule has 104 valence electrons. The Balaban J connectivity index is 1.70. The van der Waals surface area contributed by atoms with E-state index in [2.05, 4.69) is 34.6 Å². The Morgan fingerprint density at radius 3 is 3.15 bits per heavy atom. The molecule has 0 aliphatic carbocycles. The van der Waals surface area contributed by atoms with Crippen LogP contribution in [0.1, 0.15) is 22.7 Å². The topological polar surface area (TPSA) is 34.1 Å². The molecule has 0 radical (unpaired) electrons. The number of thioether (sulfide) groups is 1. The van der Waals surface area contributed by atoms with Gasteiger partial charge >= 0.3 is 0 Å². The fourth-order valence-corrected chi connectivity index (χ4v) is 3.60. The second-order valence-corrected chi connectivity index (χ2v) is 5.88. The van der Waals surface area contributed by atoms with Gasteiger partial charge in [0.2, 0.25) is 5.88 Å². The lowest BCUT2D eigenvalue weighted by Crippen LogP contribution is -2.26. The Bertz CT molecular complexity index is 588. The predicted octanol–water partition coefficient (Wildman–Crippen LogP) is 3.17. The molecule has 2 aromatic rings. The van der Waals surface area contributed by atoms with Gasteiger partial charge in [0.05, 0.1) is 7.11 Å². The second kappa shape index (κ2) is 6.29. The molecule has 1 aromatic heterocycles. The third-order valence-electron chi connectivity index (χ3n) is 3.53. The normalized spacial score (nSPS) is 17.6. The van der Waals surface area contributed by atoms with Crippen molar-refractivity contribution in [3.05, 3.63) is 59.3 Å². The fourth-order valence-electron chi connectivity index (χ4n) is 2.46. The predicted molar refractivity (Wildman–Crippen MR) is 83.0 cm³/mol. The molecule has 0 bridgehead atoms. The summed E-state index contributed by atoms with van der Waals surface area (Å²) in [4.78, 5) is 4.13. The average molecular weight is 286 g/mol. The van der Waals surface area contributed by atoms with Crippen molar-refractivity contribution < 1.29 is 4.74 Å². The Morgan fingerprint density at radius 1 is 1.35 bits per heavy atom. The van der Waals surface area contributed by atoms with Gasteiger partial charge < -0.3 is 10.1 Å². The van der Waals surface area contributed by atoms with Gasteiger partial charge in [-0.25, -0.2) is 4.98 Å². The van der Waals surface area contributed by atoms with E-state index in [1.165, 1.54) is 16.7 Å². The van der Waals surface area contributed by atoms with E-state index in [0.717, 1.165) is 18.1 Å². The molecule has 1 atom stereocenters. The number of nitrogens with zero attached hydrogens (tertiary/aromatic N) is 1. The largest absolute Gasteiger partial charge is 0.481 e. The number of hydrogen-bond acceptors (Lipinski definition) is 4. The van der Waals surface area contributed by atoms with E-state index in [1.807, 2.05) is 23.9 Å². The van der Waals surface area contributed by atoms with Gasteiger partial charge in [-0.2, -0.15) is 11.8 Å². The lowest BCUT2D eigenvalue weighted by molar-refractivity contribution is 0.397. The molecule has 1 N–H and O–H groups in total. The molecule has 0 saturated heterocycles. The van der Waals surface area contributed by atoms with E-state index in [9.17, 15) is 0 Å². The zero-order chi connectivity index (χ0) is 13.8. The number of ether oxygens (including phenoxy) is 1. The molecule has 1 unspecified atom stereocenters. The van der Waals surface area contributed by atoms with E-state index < -0.39 is 0 Å². The van der Waals surface area contributed by atoms with Crippen LogP contribution in [0.15, 0.2) is 42.6 Å². The Hall–Kier alpha value is -1.52. The molecule has 2 heterocycles. The summed E-state index contributed by atoms with van der Waals surface area (Å²) in [5.41, 5.74) is 4.09. The first kappa shape index (κ1) is 13.5. The third-order valence-corrected chi connectivity index (χ3v) is 4.62. The third kappa shape index (κ3) is 2.97. The van der Waals surface area contributed by atoms with E-state index in [0.29, 0.717) is 11.9 Å². The van der Waals surface area contributed by atoms with Gasteiger partial charge in [0, 0.05) is 36.4 Å². The molecule has 1 aromatic carbocycles. The van der Waals surface area contributed by atoms with E-state index in [-0.39, 0.29) is 0 Å². The lowest BCUT2D eigenvalue weighted by Gasteiger charge is -2.26. The number of hydrogen-bond donors (Lipinski definition) is 1. The van der Waals surface area contributed by atoms with Crippen LogP contribution in [0.4, 0.5) is 0 Å². The van der Waals surface area contributed by atoms with Gasteiger partial charge in [-0.05, 0) is 22.8 Å². The zero-order valence-corrected chi connectivity index (χ0v) is 12.3. The minimum Gasteiger partial charge on any atom is -0.481 e. The highest BCUT2D eigenvalue weighted by Gasteiger charge is 2.19. The molecule has 3 nitrogen and oxygen atoms in total. The molecule has 0 fully saturated rings. The Labute approximate surface area is 123 Å². The van der Waals surface area contributed by atoms with Crippen molar-refractivity contribution in [3.8, 4) is 5.88 Å². The summed E-state index contributed by atoms with van der Waals surface area (Å²) in [6.45, 7) is 0.832. The van der Waals surface area contributed by atoms with Crippen LogP contribution in [0, 0.1) is 0 Å². The highest BCUT2D eigenvalue weighted by molar-refractivity contribution is 7.98. The number of nitrogens with one attached hydrogen (secondary N) is 1. The van der Waals surface area contributed by atoms with E-state index in [1.54, 1.807) is 13.3 Å². The van der Waals surface area contributed by atoms with Gasteiger partial charge in [-0.3, -0.25) is 0 Å². The Kier molecular flexibility index (Phi) is 4.23. The molecular weight excluding hydrogens is 268 g/mol. The molecule has 4 heteroatoms. The molecule has 1 aliphatic rings. The molecule has 20 heavy (non-hydrogen) atoms. The number of fused-ring (bicyclic) bond motifs is 1. The second-order valence-electron chi connectivity index (χ2n) is 4.85. The van der Waals surface area contributed by atoms with Crippen LogP contribution in [0.3, 0.4) is 0 Å². The van der Waals surface area contributed by atoms with Gasteiger partial charge in [-0.15, -0.1) is 0 Å². The fraction of sp³-hybridized carbons (Fsp3) is 0.312. The van der Waals surface area contributed by atoms with Crippen LogP contribution in [-0.4, -0.2) is 17.8 Å². The molecular formula is C16H18N2OS. The molecule has 0 amide bonds.